The number of ether oxygens (including phenoxy) is 1. The van der Waals surface area contributed by atoms with Crippen LogP contribution in [0.25, 0.3) is 0 Å². The van der Waals surface area contributed by atoms with E-state index < -0.39 is 0 Å². The molecule has 0 aliphatic carbocycles. The average molecular weight is 235 g/mol. The van der Waals surface area contributed by atoms with Crippen LogP contribution in [0.1, 0.15) is 45.7 Å². The first-order valence-electron chi connectivity index (χ1n) is 6.60. The Kier molecular flexibility index (Phi) is 6.06. The van der Waals surface area contributed by atoms with E-state index >= 15 is 0 Å². The summed E-state index contributed by atoms with van der Waals surface area (Å²) in [4.78, 5) is 0. The summed E-state index contributed by atoms with van der Waals surface area (Å²) in [6.07, 6.45) is 1.15. The van der Waals surface area contributed by atoms with Gasteiger partial charge in [-0.15, -0.1) is 0 Å². The van der Waals surface area contributed by atoms with Crippen molar-refractivity contribution in [3.05, 3.63) is 29.8 Å². The summed E-state index contributed by atoms with van der Waals surface area (Å²) in [5, 5.41) is 3.50. The Labute approximate surface area is 105 Å². The monoisotopic (exact) mass is 235 g/mol. The second-order valence-corrected chi connectivity index (χ2v) is 4.92. The Hall–Kier alpha value is -1.02. The molecule has 0 heterocycles. The molecule has 0 radical (unpaired) electrons. The van der Waals surface area contributed by atoms with Crippen LogP contribution >= 0.6 is 0 Å². The predicted molar refractivity (Wildman–Crippen MR) is 73.5 cm³/mol. The molecule has 1 rings (SSSR count). The van der Waals surface area contributed by atoms with Crippen LogP contribution in [0.15, 0.2) is 24.3 Å². The quantitative estimate of drug-likeness (QED) is 0.776. The Morgan fingerprint density at radius 3 is 2.53 bits per heavy atom. The molecule has 0 bridgehead atoms. The van der Waals surface area contributed by atoms with Gasteiger partial charge in [0.05, 0.1) is 6.61 Å². The molecule has 1 atom stereocenters. The van der Waals surface area contributed by atoms with Crippen molar-refractivity contribution < 1.29 is 4.74 Å². The van der Waals surface area contributed by atoms with Crippen LogP contribution < -0.4 is 10.1 Å². The van der Waals surface area contributed by atoms with Gasteiger partial charge in [0.2, 0.25) is 0 Å². The molecule has 0 aromatic heterocycles. The van der Waals surface area contributed by atoms with Crippen LogP contribution in [0, 0.1) is 5.92 Å². The van der Waals surface area contributed by atoms with Crippen molar-refractivity contribution in [3.63, 3.8) is 0 Å². The van der Waals surface area contributed by atoms with Gasteiger partial charge in [0.15, 0.2) is 0 Å². The Balaban J connectivity index is 2.69. The summed E-state index contributed by atoms with van der Waals surface area (Å²) in [6, 6.07) is 8.65. The van der Waals surface area contributed by atoms with Gasteiger partial charge in [0.25, 0.3) is 0 Å². The van der Waals surface area contributed by atoms with E-state index in [0.29, 0.717) is 12.0 Å². The molecular formula is C15H25NO. The Bertz CT molecular complexity index is 322. The first-order valence-corrected chi connectivity index (χ1v) is 6.60. The molecule has 96 valence electrons. The van der Waals surface area contributed by atoms with Gasteiger partial charge >= 0.3 is 0 Å². The molecule has 17 heavy (non-hydrogen) atoms. The summed E-state index contributed by atoms with van der Waals surface area (Å²) >= 11 is 0. The Morgan fingerprint density at radius 1 is 1.18 bits per heavy atom. The highest BCUT2D eigenvalue weighted by atomic mass is 16.5. The highest BCUT2D eigenvalue weighted by molar-refractivity contribution is 5.35. The van der Waals surface area contributed by atoms with Gasteiger partial charge in [-0.3, -0.25) is 0 Å². The lowest BCUT2D eigenvalue weighted by atomic mass is 10.1. The van der Waals surface area contributed by atoms with Crippen molar-refractivity contribution in [3.8, 4) is 5.75 Å². The van der Waals surface area contributed by atoms with Crippen molar-refractivity contribution in [1.82, 2.24) is 5.32 Å². The van der Waals surface area contributed by atoms with Crippen molar-refractivity contribution >= 4 is 0 Å². The van der Waals surface area contributed by atoms with E-state index in [0.717, 1.165) is 25.3 Å². The fourth-order valence-electron chi connectivity index (χ4n) is 1.70. The van der Waals surface area contributed by atoms with E-state index in [1.165, 1.54) is 5.56 Å². The standard InChI is InChI=1S/C15H25NO/c1-5-10-16-13(4)14-8-6-7-9-15(14)17-11-12(2)3/h6-9,12-13,16H,5,10-11H2,1-4H3. The van der Waals surface area contributed by atoms with Gasteiger partial charge in [-0.25, -0.2) is 0 Å². The number of para-hydroxylation sites is 1. The van der Waals surface area contributed by atoms with Gasteiger partial charge in [0.1, 0.15) is 5.75 Å². The third-order valence-corrected chi connectivity index (χ3v) is 2.66. The number of benzene rings is 1. The molecule has 0 amide bonds. The molecule has 1 aromatic rings. The molecule has 2 nitrogen and oxygen atoms in total. The van der Waals surface area contributed by atoms with E-state index in [2.05, 4.69) is 51.2 Å². The summed E-state index contributed by atoms with van der Waals surface area (Å²) in [5.74, 6) is 1.57. The maximum absolute atomic E-state index is 5.86. The van der Waals surface area contributed by atoms with E-state index in [1.807, 2.05) is 6.07 Å². The number of hydrogen-bond donors (Lipinski definition) is 1. The molecular weight excluding hydrogens is 210 g/mol. The SMILES string of the molecule is CCCNC(C)c1ccccc1OCC(C)C. The Morgan fingerprint density at radius 2 is 1.88 bits per heavy atom. The van der Waals surface area contributed by atoms with Crippen LogP contribution in [-0.4, -0.2) is 13.2 Å². The van der Waals surface area contributed by atoms with Crippen molar-refractivity contribution in [2.45, 2.75) is 40.2 Å². The van der Waals surface area contributed by atoms with Crippen LogP contribution in [0.5, 0.6) is 5.75 Å². The predicted octanol–water partition coefficient (Wildman–Crippen LogP) is 3.78. The molecule has 1 unspecified atom stereocenters. The molecule has 0 spiro atoms. The zero-order valence-electron chi connectivity index (χ0n) is 11.5. The summed E-state index contributed by atoms with van der Waals surface area (Å²) < 4.78 is 5.86. The van der Waals surface area contributed by atoms with E-state index in [-0.39, 0.29) is 0 Å². The summed E-state index contributed by atoms with van der Waals surface area (Å²) in [5.41, 5.74) is 1.25. The largest absolute Gasteiger partial charge is 0.493 e. The first kappa shape index (κ1) is 14.0. The van der Waals surface area contributed by atoms with E-state index in [1.54, 1.807) is 0 Å². The van der Waals surface area contributed by atoms with Crippen LogP contribution in [-0.2, 0) is 0 Å². The first-order chi connectivity index (χ1) is 8.15. The third kappa shape index (κ3) is 4.78. The van der Waals surface area contributed by atoms with Gasteiger partial charge in [-0.05, 0) is 31.9 Å². The maximum atomic E-state index is 5.86. The van der Waals surface area contributed by atoms with Crippen molar-refractivity contribution in [2.24, 2.45) is 5.92 Å². The van der Waals surface area contributed by atoms with Crippen molar-refractivity contribution in [2.75, 3.05) is 13.2 Å². The lowest BCUT2D eigenvalue weighted by Crippen LogP contribution is -2.20. The van der Waals surface area contributed by atoms with E-state index in [4.69, 9.17) is 4.74 Å². The zero-order valence-corrected chi connectivity index (χ0v) is 11.5. The molecule has 0 saturated carbocycles. The lowest BCUT2D eigenvalue weighted by molar-refractivity contribution is 0.266. The number of hydrogen-bond acceptors (Lipinski definition) is 2. The number of rotatable bonds is 7. The molecule has 1 aromatic carbocycles. The van der Waals surface area contributed by atoms with Gasteiger partial charge in [-0.1, -0.05) is 39.0 Å². The molecule has 0 aliphatic heterocycles. The maximum Gasteiger partial charge on any atom is 0.124 e. The lowest BCUT2D eigenvalue weighted by Gasteiger charge is -2.18. The van der Waals surface area contributed by atoms with Crippen molar-refractivity contribution in [1.29, 1.82) is 0 Å². The highest BCUT2D eigenvalue weighted by Gasteiger charge is 2.10. The molecule has 2 heteroatoms. The topological polar surface area (TPSA) is 21.3 Å². The fourth-order valence-corrected chi connectivity index (χ4v) is 1.70. The van der Waals surface area contributed by atoms with Gasteiger partial charge < -0.3 is 10.1 Å². The minimum atomic E-state index is 0.346. The summed E-state index contributed by atoms with van der Waals surface area (Å²) in [7, 11) is 0. The van der Waals surface area contributed by atoms with Gasteiger partial charge in [-0.2, -0.15) is 0 Å². The average Bonchev–Trinajstić information content (AvgIpc) is 2.33. The number of nitrogens with one attached hydrogen (secondary N) is 1. The van der Waals surface area contributed by atoms with E-state index in [9.17, 15) is 0 Å². The molecule has 0 fully saturated rings. The second kappa shape index (κ2) is 7.33. The molecule has 0 saturated heterocycles. The normalized spacial score (nSPS) is 12.8. The minimum absolute atomic E-state index is 0.346. The minimum Gasteiger partial charge on any atom is -0.493 e. The third-order valence-electron chi connectivity index (χ3n) is 2.66. The summed E-state index contributed by atoms with van der Waals surface area (Å²) in [6.45, 7) is 10.5. The smallest absolute Gasteiger partial charge is 0.124 e. The fraction of sp³-hybridized carbons (Fsp3) is 0.600. The highest BCUT2D eigenvalue weighted by Crippen LogP contribution is 2.25. The van der Waals surface area contributed by atoms with Crippen LogP contribution in [0.4, 0.5) is 0 Å². The van der Waals surface area contributed by atoms with Gasteiger partial charge in [0, 0.05) is 11.6 Å². The second-order valence-electron chi connectivity index (χ2n) is 4.92. The van der Waals surface area contributed by atoms with Crippen LogP contribution in [0.3, 0.4) is 0 Å². The molecule has 1 N–H and O–H groups in total. The zero-order chi connectivity index (χ0) is 12.7. The van der Waals surface area contributed by atoms with Crippen LogP contribution in [0.2, 0.25) is 0 Å². The molecule has 0 aliphatic rings.